The Morgan fingerprint density at radius 3 is 1.43 bits per heavy atom. The molecule has 8 nitrogen and oxygen atoms in total. The zero-order valence-corrected chi connectivity index (χ0v) is 23.3. The number of unbranched alkanes of at least 4 members (excludes halogenated alkanes) is 1. The Morgan fingerprint density at radius 2 is 1.00 bits per heavy atom. The fourth-order valence-electron chi connectivity index (χ4n) is 3.89. The van der Waals surface area contributed by atoms with E-state index >= 15 is 0 Å². The summed E-state index contributed by atoms with van der Waals surface area (Å²) < 4.78 is 11.6. The zero-order chi connectivity index (χ0) is 29.2. The van der Waals surface area contributed by atoms with Crippen molar-refractivity contribution < 1.29 is 19.1 Å². The number of amides is 2. The van der Waals surface area contributed by atoms with Crippen molar-refractivity contribution in [2.24, 2.45) is 10.2 Å². The Morgan fingerprint density at radius 1 is 0.571 bits per heavy atom. The number of hydrazone groups is 2. The van der Waals surface area contributed by atoms with Crippen molar-refractivity contribution in [1.29, 1.82) is 0 Å². The first kappa shape index (κ1) is 29.7. The van der Waals surface area contributed by atoms with E-state index in [4.69, 9.17) is 9.47 Å². The highest BCUT2D eigenvalue weighted by molar-refractivity contribution is 5.83. The first-order valence-corrected chi connectivity index (χ1v) is 13.8. The van der Waals surface area contributed by atoms with Gasteiger partial charge in [-0.1, -0.05) is 84.9 Å². The molecule has 0 heterocycles. The van der Waals surface area contributed by atoms with E-state index in [1.807, 2.05) is 109 Å². The lowest BCUT2D eigenvalue weighted by atomic mass is 10.2. The third-order valence-electron chi connectivity index (χ3n) is 6.08. The van der Waals surface area contributed by atoms with Crippen LogP contribution in [0, 0.1) is 0 Å². The number of nitrogens with zero attached hydrogens (tertiary/aromatic N) is 2. The predicted molar refractivity (Wildman–Crippen MR) is 164 cm³/mol. The van der Waals surface area contributed by atoms with Gasteiger partial charge < -0.3 is 9.47 Å². The quantitative estimate of drug-likeness (QED) is 0.105. The van der Waals surface area contributed by atoms with Crippen molar-refractivity contribution in [2.75, 3.05) is 0 Å². The maximum absolute atomic E-state index is 12.1. The standard InChI is InChI=1S/C34H34N4O4/c39-33(37-35-23-29-15-9-17-31(21-29)41-25-27-11-3-1-4-12-27)19-7-8-20-34(40)38-36-24-30-16-10-18-32(22-30)42-26-28-13-5-2-6-14-28/h1-6,9-18,21-24H,7-8,19-20,25-26H2,(H,37,39)(H,38,40)/b35-23+,36-24+. The lowest BCUT2D eigenvalue weighted by Crippen LogP contribution is -2.19. The van der Waals surface area contributed by atoms with E-state index < -0.39 is 0 Å². The van der Waals surface area contributed by atoms with Gasteiger partial charge in [-0.2, -0.15) is 10.2 Å². The van der Waals surface area contributed by atoms with E-state index in [1.165, 1.54) is 0 Å². The van der Waals surface area contributed by atoms with Crippen LogP contribution in [0.25, 0.3) is 0 Å². The molecule has 42 heavy (non-hydrogen) atoms. The number of carbonyl (C=O) groups is 2. The second-order valence-electron chi connectivity index (χ2n) is 9.49. The van der Waals surface area contributed by atoms with Crippen LogP contribution in [0.2, 0.25) is 0 Å². The summed E-state index contributed by atoms with van der Waals surface area (Å²) in [6.45, 7) is 0.947. The summed E-state index contributed by atoms with van der Waals surface area (Å²) >= 11 is 0. The number of rotatable bonds is 15. The van der Waals surface area contributed by atoms with Gasteiger partial charge in [0.15, 0.2) is 0 Å². The molecule has 0 aliphatic heterocycles. The van der Waals surface area contributed by atoms with Crippen molar-refractivity contribution in [3.63, 3.8) is 0 Å². The predicted octanol–water partition coefficient (Wildman–Crippen LogP) is 6.01. The Labute approximate surface area is 246 Å². The molecule has 0 unspecified atom stereocenters. The van der Waals surface area contributed by atoms with Gasteiger partial charge in [-0.25, -0.2) is 10.9 Å². The highest BCUT2D eigenvalue weighted by Gasteiger charge is 2.04. The molecule has 0 aromatic heterocycles. The molecule has 4 rings (SSSR count). The van der Waals surface area contributed by atoms with Crippen molar-refractivity contribution in [3.8, 4) is 11.5 Å². The van der Waals surface area contributed by atoms with Crippen molar-refractivity contribution >= 4 is 24.2 Å². The largest absolute Gasteiger partial charge is 0.489 e. The molecular formula is C34H34N4O4. The molecular weight excluding hydrogens is 528 g/mol. The van der Waals surface area contributed by atoms with Gasteiger partial charge in [0, 0.05) is 12.8 Å². The van der Waals surface area contributed by atoms with Crippen LogP contribution in [-0.4, -0.2) is 24.2 Å². The summed E-state index contributed by atoms with van der Waals surface area (Å²) in [4.78, 5) is 24.2. The third-order valence-corrected chi connectivity index (χ3v) is 6.08. The van der Waals surface area contributed by atoms with E-state index in [0.717, 1.165) is 33.8 Å². The lowest BCUT2D eigenvalue weighted by Gasteiger charge is -2.07. The maximum Gasteiger partial charge on any atom is 0.240 e. The number of benzene rings is 4. The SMILES string of the molecule is O=C(CCCCC(=O)N/N=C/c1cccc(OCc2ccccc2)c1)N/N=C/c1cccc(OCc2ccccc2)c1. The Balaban J connectivity index is 1.09. The fourth-order valence-corrected chi connectivity index (χ4v) is 3.89. The van der Waals surface area contributed by atoms with Gasteiger partial charge in [0.1, 0.15) is 24.7 Å². The molecule has 0 atom stereocenters. The Kier molecular flexibility index (Phi) is 11.9. The highest BCUT2D eigenvalue weighted by Crippen LogP contribution is 2.15. The van der Waals surface area contributed by atoms with Crippen LogP contribution in [0.3, 0.4) is 0 Å². The van der Waals surface area contributed by atoms with Gasteiger partial charge in [-0.3, -0.25) is 9.59 Å². The second-order valence-corrected chi connectivity index (χ2v) is 9.49. The number of ether oxygens (including phenoxy) is 2. The minimum absolute atomic E-state index is 0.212. The molecule has 0 saturated heterocycles. The Bertz CT molecular complexity index is 1360. The number of nitrogens with one attached hydrogen (secondary N) is 2. The van der Waals surface area contributed by atoms with Gasteiger partial charge in [0.2, 0.25) is 11.8 Å². The van der Waals surface area contributed by atoms with Gasteiger partial charge in [-0.05, 0) is 59.4 Å². The minimum atomic E-state index is -0.212. The number of carbonyl (C=O) groups excluding carboxylic acids is 2. The van der Waals surface area contributed by atoms with E-state index in [0.29, 0.717) is 26.1 Å². The van der Waals surface area contributed by atoms with Crippen LogP contribution in [-0.2, 0) is 22.8 Å². The normalized spacial score (nSPS) is 11.0. The molecule has 2 N–H and O–H groups in total. The van der Waals surface area contributed by atoms with Crippen LogP contribution in [0.5, 0.6) is 11.5 Å². The van der Waals surface area contributed by atoms with Crippen molar-refractivity contribution in [3.05, 3.63) is 131 Å². The summed E-state index contributed by atoms with van der Waals surface area (Å²) in [5.41, 5.74) is 8.84. The van der Waals surface area contributed by atoms with Crippen LogP contribution >= 0.6 is 0 Å². The monoisotopic (exact) mass is 562 g/mol. The molecule has 0 radical (unpaired) electrons. The molecule has 0 spiro atoms. The van der Waals surface area contributed by atoms with Gasteiger partial charge in [0.25, 0.3) is 0 Å². The second kappa shape index (κ2) is 16.8. The summed E-state index contributed by atoms with van der Waals surface area (Å²) in [6, 6.07) is 34.8. The smallest absolute Gasteiger partial charge is 0.240 e. The summed E-state index contributed by atoms with van der Waals surface area (Å²) in [5, 5.41) is 8.06. The average Bonchev–Trinajstić information content (AvgIpc) is 3.03. The van der Waals surface area contributed by atoms with E-state index in [-0.39, 0.29) is 24.7 Å². The summed E-state index contributed by atoms with van der Waals surface area (Å²) in [6.07, 6.45) is 4.80. The third kappa shape index (κ3) is 11.1. The van der Waals surface area contributed by atoms with Gasteiger partial charge in [0.05, 0.1) is 12.4 Å². The molecule has 4 aromatic rings. The van der Waals surface area contributed by atoms with Crippen molar-refractivity contribution in [2.45, 2.75) is 38.9 Å². The molecule has 2 amide bonds. The zero-order valence-electron chi connectivity index (χ0n) is 23.3. The molecule has 0 bridgehead atoms. The highest BCUT2D eigenvalue weighted by atomic mass is 16.5. The first-order valence-electron chi connectivity index (χ1n) is 13.8. The van der Waals surface area contributed by atoms with Gasteiger partial charge >= 0.3 is 0 Å². The molecule has 0 fully saturated rings. The van der Waals surface area contributed by atoms with Crippen LogP contribution < -0.4 is 20.3 Å². The van der Waals surface area contributed by atoms with Crippen LogP contribution in [0.15, 0.2) is 119 Å². The topological polar surface area (TPSA) is 101 Å². The number of hydrogen-bond acceptors (Lipinski definition) is 6. The summed E-state index contributed by atoms with van der Waals surface area (Å²) in [7, 11) is 0. The number of hydrogen-bond donors (Lipinski definition) is 2. The van der Waals surface area contributed by atoms with Crippen LogP contribution in [0.1, 0.15) is 47.9 Å². The fraction of sp³-hybridized carbons (Fsp3) is 0.176. The first-order chi connectivity index (χ1) is 20.6. The minimum Gasteiger partial charge on any atom is -0.489 e. The van der Waals surface area contributed by atoms with E-state index in [9.17, 15) is 9.59 Å². The molecule has 0 saturated carbocycles. The molecule has 214 valence electrons. The maximum atomic E-state index is 12.1. The van der Waals surface area contributed by atoms with Gasteiger partial charge in [-0.15, -0.1) is 0 Å². The van der Waals surface area contributed by atoms with E-state index in [1.54, 1.807) is 12.4 Å². The molecule has 4 aromatic carbocycles. The van der Waals surface area contributed by atoms with Crippen molar-refractivity contribution in [1.82, 2.24) is 10.9 Å². The molecule has 0 aliphatic carbocycles. The average molecular weight is 563 g/mol. The lowest BCUT2D eigenvalue weighted by molar-refractivity contribution is -0.123. The molecule has 0 aliphatic rings. The van der Waals surface area contributed by atoms with Crippen LogP contribution in [0.4, 0.5) is 0 Å². The van der Waals surface area contributed by atoms with E-state index in [2.05, 4.69) is 21.1 Å². The Hall–Kier alpha value is -5.24. The molecule has 8 heteroatoms. The summed E-state index contributed by atoms with van der Waals surface area (Å²) in [5.74, 6) is 1.02.